The molecule has 1 aromatic rings. The average Bonchev–Trinajstić information content (AvgIpc) is 2.61. The van der Waals surface area contributed by atoms with Crippen LogP contribution in [0.25, 0.3) is 0 Å². The molecule has 1 fully saturated rings. The molecule has 1 aromatic carbocycles. The Bertz CT molecular complexity index is 738. The Kier molecular flexibility index (Phi) is 7.22. The molecule has 1 saturated carbocycles. The van der Waals surface area contributed by atoms with E-state index in [1.54, 1.807) is 25.1 Å². The molecule has 6 heteroatoms. The normalized spacial score (nSPS) is 17.0. The van der Waals surface area contributed by atoms with Gasteiger partial charge in [0.15, 0.2) is 0 Å². The van der Waals surface area contributed by atoms with Crippen LogP contribution in [-0.4, -0.2) is 28.9 Å². The van der Waals surface area contributed by atoms with E-state index in [1.807, 2.05) is 20.8 Å². The molecule has 154 valence electrons. The number of anilines is 1. The van der Waals surface area contributed by atoms with Crippen LogP contribution in [0.3, 0.4) is 0 Å². The number of hydrogen-bond donors (Lipinski definition) is 3. The van der Waals surface area contributed by atoms with Crippen molar-refractivity contribution >= 4 is 23.5 Å². The van der Waals surface area contributed by atoms with Crippen molar-refractivity contribution in [3.05, 3.63) is 29.3 Å². The summed E-state index contributed by atoms with van der Waals surface area (Å²) in [5.41, 5.74) is 0.949. The lowest BCUT2D eigenvalue weighted by Gasteiger charge is -2.37. The number of carboxylic acid groups (broad SMARTS) is 1. The van der Waals surface area contributed by atoms with Gasteiger partial charge in [0.25, 0.3) is 5.91 Å². The maximum atomic E-state index is 13.1. The van der Waals surface area contributed by atoms with Crippen LogP contribution in [0.2, 0.25) is 0 Å². The Balaban J connectivity index is 2.19. The summed E-state index contributed by atoms with van der Waals surface area (Å²) in [6, 6.07) is 5.19. The fraction of sp³-hybridized carbons (Fsp3) is 0.591. The van der Waals surface area contributed by atoms with Gasteiger partial charge in [0.05, 0.1) is 11.8 Å². The lowest BCUT2D eigenvalue weighted by molar-refractivity contribution is -0.145. The molecular weight excluding hydrogens is 356 g/mol. The van der Waals surface area contributed by atoms with Crippen molar-refractivity contribution in [1.82, 2.24) is 5.32 Å². The molecule has 0 aromatic heterocycles. The van der Waals surface area contributed by atoms with E-state index in [2.05, 4.69) is 10.6 Å². The van der Waals surface area contributed by atoms with E-state index < -0.39 is 11.4 Å². The van der Waals surface area contributed by atoms with Gasteiger partial charge in [-0.1, -0.05) is 19.3 Å². The number of carboxylic acids is 1. The molecule has 3 N–H and O–H groups in total. The maximum Gasteiger partial charge on any atom is 0.304 e. The molecular formula is C22H32N2O4. The lowest BCUT2D eigenvalue weighted by atomic mass is 9.67. The van der Waals surface area contributed by atoms with Crippen molar-refractivity contribution in [2.24, 2.45) is 11.3 Å². The van der Waals surface area contributed by atoms with Crippen molar-refractivity contribution < 1.29 is 19.5 Å². The number of hydrogen-bond acceptors (Lipinski definition) is 3. The van der Waals surface area contributed by atoms with E-state index >= 15 is 0 Å². The minimum absolute atomic E-state index is 0.0403. The quantitative estimate of drug-likeness (QED) is 0.654. The number of rotatable bonds is 7. The molecule has 1 atom stereocenters. The molecule has 0 bridgehead atoms. The van der Waals surface area contributed by atoms with E-state index in [9.17, 15) is 19.5 Å². The fourth-order valence-electron chi connectivity index (χ4n) is 4.07. The molecule has 1 aliphatic rings. The topological polar surface area (TPSA) is 95.5 Å². The highest BCUT2D eigenvalue weighted by Gasteiger charge is 2.43. The first kappa shape index (κ1) is 21.9. The van der Waals surface area contributed by atoms with E-state index in [-0.39, 0.29) is 30.2 Å². The van der Waals surface area contributed by atoms with Crippen molar-refractivity contribution in [2.75, 3.05) is 5.32 Å². The summed E-state index contributed by atoms with van der Waals surface area (Å²) in [7, 11) is 0. The van der Waals surface area contributed by atoms with Gasteiger partial charge in [0.1, 0.15) is 0 Å². The SMILES string of the molecule is Cc1cc(NC(=O)C(C)(CC(=O)O)C2CCCCC2)ccc1C(=O)NC(C)C. The zero-order valence-corrected chi connectivity index (χ0v) is 17.3. The monoisotopic (exact) mass is 388 g/mol. The van der Waals surface area contributed by atoms with Gasteiger partial charge in [-0.25, -0.2) is 0 Å². The van der Waals surface area contributed by atoms with Crippen LogP contribution in [0.1, 0.15) is 75.2 Å². The maximum absolute atomic E-state index is 13.1. The molecule has 0 radical (unpaired) electrons. The van der Waals surface area contributed by atoms with Gasteiger partial charge < -0.3 is 15.7 Å². The molecule has 6 nitrogen and oxygen atoms in total. The van der Waals surface area contributed by atoms with Crippen molar-refractivity contribution in [3.63, 3.8) is 0 Å². The number of aryl methyl sites for hydroxylation is 1. The summed E-state index contributed by atoms with van der Waals surface area (Å²) >= 11 is 0. The van der Waals surface area contributed by atoms with Crippen LogP contribution in [0.4, 0.5) is 5.69 Å². The third-order valence-corrected chi connectivity index (χ3v) is 5.69. The summed E-state index contributed by atoms with van der Waals surface area (Å²) in [6.07, 6.45) is 4.78. The Morgan fingerprint density at radius 1 is 1.18 bits per heavy atom. The summed E-state index contributed by atoms with van der Waals surface area (Å²) in [5.74, 6) is -1.31. The third kappa shape index (κ3) is 5.33. The van der Waals surface area contributed by atoms with E-state index in [4.69, 9.17) is 0 Å². The zero-order valence-electron chi connectivity index (χ0n) is 17.3. The molecule has 2 rings (SSSR count). The first-order valence-electron chi connectivity index (χ1n) is 10.1. The number of carbonyl (C=O) groups excluding carboxylic acids is 2. The molecule has 1 unspecified atom stereocenters. The van der Waals surface area contributed by atoms with Crippen LogP contribution in [0, 0.1) is 18.3 Å². The fourth-order valence-corrected chi connectivity index (χ4v) is 4.07. The van der Waals surface area contributed by atoms with Gasteiger partial charge in [0.2, 0.25) is 5.91 Å². The van der Waals surface area contributed by atoms with Crippen LogP contribution >= 0.6 is 0 Å². The predicted molar refractivity (Wildman–Crippen MR) is 109 cm³/mol. The van der Waals surface area contributed by atoms with Gasteiger partial charge in [-0.15, -0.1) is 0 Å². The minimum atomic E-state index is -0.958. The molecule has 28 heavy (non-hydrogen) atoms. The van der Waals surface area contributed by atoms with E-state index in [0.717, 1.165) is 37.7 Å². The Labute approximate surface area is 167 Å². The highest BCUT2D eigenvalue weighted by atomic mass is 16.4. The Morgan fingerprint density at radius 3 is 2.36 bits per heavy atom. The third-order valence-electron chi connectivity index (χ3n) is 5.69. The first-order chi connectivity index (χ1) is 13.1. The Morgan fingerprint density at radius 2 is 1.82 bits per heavy atom. The largest absolute Gasteiger partial charge is 0.481 e. The zero-order chi connectivity index (χ0) is 20.9. The van der Waals surface area contributed by atoms with Crippen LogP contribution in [0.5, 0.6) is 0 Å². The molecule has 0 aliphatic heterocycles. The second kappa shape index (κ2) is 9.22. The van der Waals surface area contributed by atoms with Gasteiger partial charge in [-0.2, -0.15) is 0 Å². The minimum Gasteiger partial charge on any atom is -0.481 e. The lowest BCUT2D eigenvalue weighted by Crippen LogP contribution is -2.42. The predicted octanol–water partition coefficient (Wildman–Crippen LogP) is 4.13. The number of carbonyl (C=O) groups is 3. The van der Waals surface area contributed by atoms with Crippen LogP contribution < -0.4 is 10.6 Å². The van der Waals surface area contributed by atoms with E-state index in [0.29, 0.717) is 11.3 Å². The molecule has 0 heterocycles. The van der Waals surface area contributed by atoms with Gasteiger partial charge in [-0.05, 0) is 70.2 Å². The smallest absolute Gasteiger partial charge is 0.304 e. The van der Waals surface area contributed by atoms with Crippen LogP contribution in [-0.2, 0) is 9.59 Å². The average molecular weight is 389 g/mol. The molecule has 0 saturated heterocycles. The summed E-state index contributed by atoms with van der Waals surface area (Å²) in [5, 5.41) is 15.1. The molecule has 0 spiro atoms. The second-order valence-electron chi connectivity index (χ2n) is 8.43. The summed E-state index contributed by atoms with van der Waals surface area (Å²) in [6.45, 7) is 7.39. The highest BCUT2D eigenvalue weighted by molar-refractivity contribution is 5.99. The van der Waals surface area contributed by atoms with Crippen molar-refractivity contribution in [1.29, 1.82) is 0 Å². The van der Waals surface area contributed by atoms with E-state index in [1.165, 1.54) is 0 Å². The number of nitrogens with one attached hydrogen (secondary N) is 2. The van der Waals surface area contributed by atoms with Crippen molar-refractivity contribution in [3.8, 4) is 0 Å². The van der Waals surface area contributed by atoms with Crippen molar-refractivity contribution in [2.45, 2.75) is 72.3 Å². The Hall–Kier alpha value is -2.37. The van der Waals surface area contributed by atoms with Gasteiger partial charge in [0, 0.05) is 17.3 Å². The summed E-state index contributed by atoms with van der Waals surface area (Å²) in [4.78, 5) is 36.8. The van der Waals surface area contributed by atoms with Crippen LogP contribution in [0.15, 0.2) is 18.2 Å². The van der Waals surface area contributed by atoms with Gasteiger partial charge >= 0.3 is 5.97 Å². The highest BCUT2D eigenvalue weighted by Crippen LogP contribution is 2.42. The number of benzene rings is 1. The second-order valence-corrected chi connectivity index (χ2v) is 8.43. The first-order valence-corrected chi connectivity index (χ1v) is 10.1. The standard InChI is InChI=1S/C22H32N2O4/c1-14(2)23-20(27)18-11-10-17(12-15(18)3)24-21(28)22(4,13-19(25)26)16-8-6-5-7-9-16/h10-12,14,16H,5-9,13H2,1-4H3,(H,23,27)(H,24,28)(H,25,26). The number of amides is 2. The molecule has 2 amide bonds. The van der Waals surface area contributed by atoms with Gasteiger partial charge in [-0.3, -0.25) is 14.4 Å². The molecule has 1 aliphatic carbocycles. The number of aliphatic carboxylic acids is 1. The summed E-state index contributed by atoms with van der Waals surface area (Å²) < 4.78 is 0.